The van der Waals surface area contributed by atoms with Gasteiger partial charge in [-0.3, -0.25) is 14.7 Å². The van der Waals surface area contributed by atoms with Crippen molar-refractivity contribution in [2.24, 2.45) is 11.8 Å². The molecule has 0 aliphatic carbocycles. The third-order valence-electron chi connectivity index (χ3n) is 5.71. The molecule has 7 heteroatoms. The van der Waals surface area contributed by atoms with Crippen molar-refractivity contribution in [3.05, 3.63) is 72.1 Å². The molecule has 0 saturated carbocycles. The number of likely N-dealkylation sites (tertiary alicyclic amines) is 1. The molecule has 5 rings (SSSR count). The van der Waals surface area contributed by atoms with E-state index in [9.17, 15) is 4.79 Å². The maximum atomic E-state index is 12.7. The minimum Gasteiger partial charge on any atom is -0.319 e. The molecule has 2 aliphatic heterocycles. The van der Waals surface area contributed by atoms with Crippen molar-refractivity contribution in [3.63, 3.8) is 0 Å². The van der Waals surface area contributed by atoms with E-state index < -0.39 is 0 Å². The van der Waals surface area contributed by atoms with Gasteiger partial charge in [-0.25, -0.2) is 0 Å². The summed E-state index contributed by atoms with van der Waals surface area (Å²) in [4.78, 5) is 19.4. The Bertz CT molecular complexity index is 971. The van der Waals surface area contributed by atoms with Gasteiger partial charge in [0.1, 0.15) is 5.82 Å². The van der Waals surface area contributed by atoms with Crippen molar-refractivity contribution in [2.75, 3.05) is 18.4 Å². The van der Waals surface area contributed by atoms with E-state index >= 15 is 0 Å². The first-order valence-corrected chi connectivity index (χ1v) is 9.66. The Balaban J connectivity index is 1.29. The number of aromatic nitrogens is 4. The summed E-state index contributed by atoms with van der Waals surface area (Å²) in [6, 6.07) is 13.6. The molecule has 4 heterocycles. The summed E-state index contributed by atoms with van der Waals surface area (Å²) in [5.74, 6) is 2.21. The predicted octanol–water partition coefficient (Wildman–Crippen LogP) is 2.23. The molecule has 0 bridgehead atoms. The Labute approximate surface area is 163 Å². The number of pyridine rings is 1. The van der Waals surface area contributed by atoms with Crippen LogP contribution in [0.1, 0.15) is 22.0 Å². The SMILES string of the molecule is O=C(Nc1ccccc1)c1nnc2n1CC1CN(Cc3cccnc3)CC1C2. The second kappa shape index (κ2) is 7.16. The van der Waals surface area contributed by atoms with Gasteiger partial charge in [0.15, 0.2) is 0 Å². The molecule has 142 valence electrons. The number of carbonyl (C=O) groups is 1. The van der Waals surface area contributed by atoms with Crippen LogP contribution in [0.4, 0.5) is 5.69 Å². The molecule has 1 amide bonds. The van der Waals surface area contributed by atoms with E-state index in [0.29, 0.717) is 17.7 Å². The fourth-order valence-electron chi connectivity index (χ4n) is 4.38. The topological polar surface area (TPSA) is 75.9 Å². The minimum atomic E-state index is -0.200. The molecule has 28 heavy (non-hydrogen) atoms. The van der Waals surface area contributed by atoms with Gasteiger partial charge in [0.05, 0.1) is 0 Å². The van der Waals surface area contributed by atoms with E-state index in [1.165, 1.54) is 5.56 Å². The fourth-order valence-corrected chi connectivity index (χ4v) is 4.38. The smallest absolute Gasteiger partial charge is 0.293 e. The summed E-state index contributed by atoms with van der Waals surface area (Å²) >= 11 is 0. The Kier molecular flexibility index (Phi) is 4.37. The minimum absolute atomic E-state index is 0.200. The van der Waals surface area contributed by atoms with Crippen LogP contribution in [-0.4, -0.2) is 43.6 Å². The highest BCUT2D eigenvalue weighted by Gasteiger charge is 2.39. The monoisotopic (exact) mass is 374 g/mol. The number of carbonyl (C=O) groups excluding carboxylic acids is 1. The van der Waals surface area contributed by atoms with Gasteiger partial charge < -0.3 is 9.88 Å². The number of hydrogen-bond acceptors (Lipinski definition) is 5. The van der Waals surface area contributed by atoms with Crippen LogP contribution in [0.15, 0.2) is 54.9 Å². The molecular weight excluding hydrogens is 352 g/mol. The number of para-hydroxylation sites is 1. The van der Waals surface area contributed by atoms with Crippen molar-refractivity contribution in [1.82, 2.24) is 24.6 Å². The lowest BCUT2D eigenvalue weighted by atomic mass is 9.89. The summed E-state index contributed by atoms with van der Waals surface area (Å²) in [6.07, 6.45) is 4.62. The van der Waals surface area contributed by atoms with E-state index in [1.807, 2.05) is 47.2 Å². The molecule has 2 unspecified atom stereocenters. The van der Waals surface area contributed by atoms with Gasteiger partial charge in [-0.15, -0.1) is 10.2 Å². The maximum absolute atomic E-state index is 12.7. The van der Waals surface area contributed by atoms with Crippen LogP contribution in [0.3, 0.4) is 0 Å². The quantitative estimate of drug-likeness (QED) is 0.758. The van der Waals surface area contributed by atoms with Gasteiger partial charge in [0.25, 0.3) is 5.91 Å². The van der Waals surface area contributed by atoms with Crippen molar-refractivity contribution in [3.8, 4) is 0 Å². The first-order valence-electron chi connectivity index (χ1n) is 9.66. The van der Waals surface area contributed by atoms with Crippen LogP contribution in [0.2, 0.25) is 0 Å². The van der Waals surface area contributed by atoms with Crippen molar-refractivity contribution >= 4 is 11.6 Å². The number of nitrogens with one attached hydrogen (secondary N) is 1. The molecule has 1 saturated heterocycles. The molecule has 2 aromatic heterocycles. The third kappa shape index (κ3) is 3.29. The Morgan fingerprint density at radius 3 is 2.71 bits per heavy atom. The van der Waals surface area contributed by atoms with Crippen molar-refractivity contribution in [2.45, 2.75) is 19.5 Å². The highest BCUT2D eigenvalue weighted by Crippen LogP contribution is 2.33. The van der Waals surface area contributed by atoms with E-state index in [1.54, 1.807) is 6.20 Å². The summed E-state index contributed by atoms with van der Waals surface area (Å²) in [5.41, 5.74) is 2.01. The van der Waals surface area contributed by atoms with Crippen LogP contribution in [-0.2, 0) is 19.5 Å². The number of anilines is 1. The fraction of sp³-hybridized carbons (Fsp3) is 0.333. The van der Waals surface area contributed by atoms with Crippen LogP contribution < -0.4 is 5.32 Å². The zero-order chi connectivity index (χ0) is 18.9. The molecule has 1 aromatic carbocycles. The average Bonchev–Trinajstić information content (AvgIpc) is 3.30. The lowest BCUT2D eigenvalue weighted by Gasteiger charge is -2.25. The second-order valence-corrected chi connectivity index (χ2v) is 7.65. The number of amides is 1. The normalized spacial score (nSPS) is 21.1. The van der Waals surface area contributed by atoms with E-state index in [4.69, 9.17) is 0 Å². The molecule has 0 radical (unpaired) electrons. The second-order valence-electron chi connectivity index (χ2n) is 7.65. The first-order chi connectivity index (χ1) is 13.8. The Hall–Kier alpha value is -3.06. The number of fused-ring (bicyclic) bond motifs is 2. The lowest BCUT2D eigenvalue weighted by molar-refractivity contribution is 0.100. The van der Waals surface area contributed by atoms with E-state index in [-0.39, 0.29) is 5.91 Å². The Morgan fingerprint density at radius 2 is 1.89 bits per heavy atom. The van der Waals surface area contributed by atoms with Gasteiger partial charge in [-0.1, -0.05) is 24.3 Å². The zero-order valence-electron chi connectivity index (χ0n) is 15.5. The van der Waals surface area contributed by atoms with Crippen LogP contribution in [0, 0.1) is 11.8 Å². The largest absolute Gasteiger partial charge is 0.319 e. The van der Waals surface area contributed by atoms with Crippen molar-refractivity contribution < 1.29 is 4.79 Å². The van der Waals surface area contributed by atoms with Crippen LogP contribution in [0.25, 0.3) is 0 Å². The molecule has 7 nitrogen and oxygen atoms in total. The molecule has 1 N–H and O–H groups in total. The molecule has 0 spiro atoms. The third-order valence-corrected chi connectivity index (χ3v) is 5.71. The highest BCUT2D eigenvalue weighted by atomic mass is 16.2. The molecule has 3 aromatic rings. The lowest BCUT2D eigenvalue weighted by Crippen LogP contribution is -2.31. The standard InChI is InChI=1S/C21H22N6O/c28-21(23-18-6-2-1-3-7-18)20-25-24-19-9-16-12-26(13-17(16)14-27(19)20)11-15-5-4-8-22-10-15/h1-8,10,16-17H,9,11-14H2,(H,23,28). The van der Waals surface area contributed by atoms with Gasteiger partial charge >= 0.3 is 0 Å². The van der Waals surface area contributed by atoms with E-state index in [0.717, 1.165) is 44.1 Å². The van der Waals surface area contributed by atoms with E-state index in [2.05, 4.69) is 31.5 Å². The maximum Gasteiger partial charge on any atom is 0.293 e. The summed E-state index contributed by atoms with van der Waals surface area (Å²) in [6.45, 7) is 3.80. The molecule has 2 aliphatic rings. The number of rotatable bonds is 4. The summed E-state index contributed by atoms with van der Waals surface area (Å²) in [5, 5.41) is 11.4. The van der Waals surface area contributed by atoms with Crippen LogP contribution in [0.5, 0.6) is 0 Å². The predicted molar refractivity (Wildman–Crippen MR) is 105 cm³/mol. The highest BCUT2D eigenvalue weighted by molar-refractivity contribution is 6.01. The number of hydrogen-bond donors (Lipinski definition) is 1. The van der Waals surface area contributed by atoms with Gasteiger partial charge in [0.2, 0.25) is 5.82 Å². The number of benzene rings is 1. The summed E-state index contributed by atoms with van der Waals surface area (Å²) < 4.78 is 2.01. The summed E-state index contributed by atoms with van der Waals surface area (Å²) in [7, 11) is 0. The first kappa shape index (κ1) is 17.1. The van der Waals surface area contributed by atoms with Crippen molar-refractivity contribution in [1.29, 1.82) is 0 Å². The van der Waals surface area contributed by atoms with Gasteiger partial charge in [-0.2, -0.15) is 0 Å². The Morgan fingerprint density at radius 1 is 1.04 bits per heavy atom. The average molecular weight is 374 g/mol. The van der Waals surface area contributed by atoms with Gasteiger partial charge in [0, 0.05) is 50.7 Å². The number of nitrogens with zero attached hydrogens (tertiary/aromatic N) is 5. The van der Waals surface area contributed by atoms with Crippen LogP contribution >= 0.6 is 0 Å². The van der Waals surface area contributed by atoms with Gasteiger partial charge in [-0.05, 0) is 35.6 Å². The molecular formula is C21H22N6O. The zero-order valence-corrected chi connectivity index (χ0v) is 15.5. The molecule has 2 atom stereocenters. The molecule has 1 fully saturated rings.